The van der Waals surface area contributed by atoms with Gasteiger partial charge in [-0.15, -0.1) is 0 Å². The molecule has 0 amide bonds. The number of sulfonamides is 1. The highest BCUT2D eigenvalue weighted by Gasteiger charge is 2.20. The van der Waals surface area contributed by atoms with Crippen molar-refractivity contribution in [2.75, 3.05) is 17.1 Å². The number of hydrogen-bond donors (Lipinski definition) is 2. The first-order valence-corrected chi connectivity index (χ1v) is 7.56. The van der Waals surface area contributed by atoms with Crippen LogP contribution in [0, 0.1) is 0 Å². The Bertz CT molecular complexity index is 676. The number of aromatic nitrogens is 2. The number of anilines is 2. The van der Waals surface area contributed by atoms with E-state index in [2.05, 4.69) is 35.9 Å². The zero-order valence-electron chi connectivity index (χ0n) is 9.96. The first-order valence-electron chi connectivity index (χ1n) is 5.29. The van der Waals surface area contributed by atoms with Crippen LogP contribution in [0.4, 0.5) is 11.5 Å². The van der Waals surface area contributed by atoms with Gasteiger partial charge in [-0.2, -0.15) is 0 Å². The summed E-state index contributed by atoms with van der Waals surface area (Å²) in [5.74, 6) is 0.277. The summed E-state index contributed by atoms with van der Waals surface area (Å²) >= 11 is 3.21. The molecule has 0 saturated heterocycles. The van der Waals surface area contributed by atoms with Gasteiger partial charge in [0.25, 0.3) is 10.0 Å². The van der Waals surface area contributed by atoms with E-state index < -0.39 is 10.0 Å². The molecule has 0 aromatic carbocycles. The van der Waals surface area contributed by atoms with Crippen molar-refractivity contribution in [2.45, 2.75) is 4.90 Å². The molecule has 0 radical (unpaired) electrons. The largest absolute Gasteiger partial charge is 0.372 e. The van der Waals surface area contributed by atoms with Crippen LogP contribution in [-0.2, 0) is 10.0 Å². The highest BCUT2D eigenvalue weighted by Crippen LogP contribution is 2.24. The minimum atomic E-state index is -3.72. The second kappa shape index (κ2) is 5.54. The van der Waals surface area contributed by atoms with E-state index in [1.54, 1.807) is 25.4 Å². The third-order valence-corrected chi connectivity index (χ3v) is 4.09. The lowest BCUT2D eigenvalue weighted by atomic mass is 10.4. The second-order valence-electron chi connectivity index (χ2n) is 3.60. The summed E-state index contributed by atoms with van der Waals surface area (Å²) in [5, 5.41) is 2.75. The Kier molecular flexibility index (Phi) is 4.01. The van der Waals surface area contributed by atoms with Crippen molar-refractivity contribution in [1.82, 2.24) is 9.97 Å². The van der Waals surface area contributed by atoms with Gasteiger partial charge in [0, 0.05) is 23.9 Å². The van der Waals surface area contributed by atoms with Gasteiger partial charge in [-0.25, -0.2) is 13.4 Å². The van der Waals surface area contributed by atoms with Crippen molar-refractivity contribution >= 4 is 37.5 Å². The maximum Gasteiger partial charge on any atom is 0.265 e. The van der Waals surface area contributed by atoms with E-state index in [0.29, 0.717) is 10.2 Å². The van der Waals surface area contributed by atoms with Crippen LogP contribution in [0.2, 0.25) is 0 Å². The Hall–Kier alpha value is -1.67. The lowest BCUT2D eigenvalue weighted by Gasteiger charge is -2.11. The van der Waals surface area contributed by atoms with E-state index >= 15 is 0 Å². The SMILES string of the molecule is CNc1ncc(Br)cc1S(=O)(=O)Nc1cccnc1. The molecule has 0 aliphatic carbocycles. The molecule has 0 atom stereocenters. The van der Waals surface area contributed by atoms with Gasteiger partial charge in [0.15, 0.2) is 0 Å². The molecule has 0 saturated carbocycles. The van der Waals surface area contributed by atoms with E-state index in [1.165, 1.54) is 18.5 Å². The molecule has 0 unspecified atom stereocenters. The average Bonchev–Trinajstić information content (AvgIpc) is 2.39. The fourth-order valence-electron chi connectivity index (χ4n) is 1.45. The van der Waals surface area contributed by atoms with Crippen LogP contribution in [0.15, 0.2) is 46.2 Å². The first-order chi connectivity index (χ1) is 9.03. The van der Waals surface area contributed by atoms with E-state index in [0.717, 1.165) is 0 Å². The summed E-state index contributed by atoms with van der Waals surface area (Å²) in [6, 6.07) is 4.75. The minimum absolute atomic E-state index is 0.0632. The predicted molar refractivity (Wildman–Crippen MR) is 76.5 cm³/mol. The van der Waals surface area contributed by atoms with Gasteiger partial charge in [-0.3, -0.25) is 9.71 Å². The molecule has 0 spiro atoms. The summed E-state index contributed by atoms with van der Waals surface area (Å²) in [5.41, 5.74) is 0.393. The molecular formula is C11H11BrN4O2S. The van der Waals surface area contributed by atoms with Crippen LogP contribution >= 0.6 is 15.9 Å². The summed E-state index contributed by atoms with van der Waals surface area (Å²) in [7, 11) is -2.11. The highest BCUT2D eigenvalue weighted by molar-refractivity contribution is 9.10. The van der Waals surface area contributed by atoms with Gasteiger partial charge in [-0.05, 0) is 34.1 Å². The normalized spacial score (nSPS) is 11.1. The number of hydrogen-bond acceptors (Lipinski definition) is 5. The lowest BCUT2D eigenvalue weighted by molar-refractivity contribution is 0.601. The van der Waals surface area contributed by atoms with Crippen molar-refractivity contribution < 1.29 is 8.42 Å². The summed E-state index contributed by atoms with van der Waals surface area (Å²) in [4.78, 5) is 7.93. The molecule has 100 valence electrons. The van der Waals surface area contributed by atoms with E-state index in [-0.39, 0.29) is 10.7 Å². The Morgan fingerprint density at radius 3 is 2.74 bits per heavy atom. The highest BCUT2D eigenvalue weighted by atomic mass is 79.9. The molecule has 2 aromatic rings. The molecule has 0 aliphatic rings. The Balaban J connectivity index is 2.42. The second-order valence-corrected chi connectivity index (χ2v) is 6.16. The van der Waals surface area contributed by atoms with E-state index in [1.807, 2.05) is 0 Å². The number of nitrogens with zero attached hydrogens (tertiary/aromatic N) is 2. The van der Waals surface area contributed by atoms with Crippen LogP contribution in [0.5, 0.6) is 0 Å². The van der Waals surface area contributed by atoms with Crippen molar-refractivity contribution in [3.05, 3.63) is 41.3 Å². The quantitative estimate of drug-likeness (QED) is 0.888. The third-order valence-electron chi connectivity index (χ3n) is 2.26. The molecule has 19 heavy (non-hydrogen) atoms. The van der Waals surface area contributed by atoms with Gasteiger partial charge in [0.05, 0.1) is 11.9 Å². The smallest absolute Gasteiger partial charge is 0.265 e. The average molecular weight is 343 g/mol. The molecule has 8 heteroatoms. The molecule has 0 aliphatic heterocycles. The summed E-state index contributed by atoms with van der Waals surface area (Å²) in [6.07, 6.45) is 4.52. The van der Waals surface area contributed by atoms with Crippen LogP contribution in [-0.4, -0.2) is 25.4 Å². The number of rotatable bonds is 4. The molecule has 2 rings (SSSR count). The number of nitrogens with one attached hydrogen (secondary N) is 2. The van der Waals surface area contributed by atoms with Gasteiger partial charge in [-0.1, -0.05) is 0 Å². The molecule has 6 nitrogen and oxygen atoms in total. The van der Waals surface area contributed by atoms with Gasteiger partial charge in [0.1, 0.15) is 10.7 Å². The van der Waals surface area contributed by atoms with Gasteiger partial charge in [0.2, 0.25) is 0 Å². The third kappa shape index (κ3) is 3.21. The molecule has 0 bridgehead atoms. The van der Waals surface area contributed by atoms with Crippen molar-refractivity contribution in [1.29, 1.82) is 0 Å². The zero-order valence-corrected chi connectivity index (χ0v) is 12.4. The molecule has 2 heterocycles. The molecule has 2 N–H and O–H groups in total. The Labute approximate surface area is 119 Å². The first kappa shape index (κ1) is 13.8. The van der Waals surface area contributed by atoms with Crippen LogP contribution in [0.3, 0.4) is 0 Å². The zero-order chi connectivity index (χ0) is 13.9. The van der Waals surface area contributed by atoms with Crippen molar-refractivity contribution in [2.24, 2.45) is 0 Å². The van der Waals surface area contributed by atoms with Crippen molar-refractivity contribution in [3.63, 3.8) is 0 Å². The predicted octanol–water partition coefficient (Wildman–Crippen LogP) is 2.08. The minimum Gasteiger partial charge on any atom is -0.372 e. The van der Waals surface area contributed by atoms with Crippen LogP contribution in [0.1, 0.15) is 0 Å². The maximum absolute atomic E-state index is 12.3. The van der Waals surface area contributed by atoms with E-state index in [4.69, 9.17) is 0 Å². The van der Waals surface area contributed by atoms with Gasteiger partial charge < -0.3 is 5.32 Å². The summed E-state index contributed by atoms with van der Waals surface area (Å²) < 4.78 is 27.6. The monoisotopic (exact) mass is 342 g/mol. The van der Waals surface area contributed by atoms with Gasteiger partial charge >= 0.3 is 0 Å². The lowest BCUT2D eigenvalue weighted by Crippen LogP contribution is -2.15. The summed E-state index contributed by atoms with van der Waals surface area (Å²) in [6.45, 7) is 0. The number of halogens is 1. The topological polar surface area (TPSA) is 84.0 Å². The Morgan fingerprint density at radius 2 is 2.11 bits per heavy atom. The fourth-order valence-corrected chi connectivity index (χ4v) is 3.16. The fraction of sp³-hybridized carbons (Fsp3) is 0.0909. The van der Waals surface area contributed by atoms with Crippen LogP contribution < -0.4 is 10.0 Å². The molecule has 2 aromatic heterocycles. The van der Waals surface area contributed by atoms with Crippen LogP contribution in [0.25, 0.3) is 0 Å². The molecular weight excluding hydrogens is 332 g/mol. The number of pyridine rings is 2. The van der Waals surface area contributed by atoms with Crippen molar-refractivity contribution in [3.8, 4) is 0 Å². The molecule has 0 fully saturated rings. The Morgan fingerprint density at radius 1 is 1.32 bits per heavy atom. The maximum atomic E-state index is 12.3. The van der Waals surface area contributed by atoms with E-state index in [9.17, 15) is 8.42 Å². The standard InChI is InChI=1S/C11H11BrN4O2S/c1-13-11-10(5-8(12)6-15-11)19(17,18)16-9-3-2-4-14-7-9/h2-7,16H,1H3,(H,13,15).